The lowest BCUT2D eigenvalue weighted by molar-refractivity contribution is 0.232. The van der Waals surface area contributed by atoms with Crippen LogP contribution >= 0.6 is 11.3 Å². The zero-order chi connectivity index (χ0) is 9.10. The number of rotatable bonds is 2. The third kappa shape index (κ3) is 2.46. The van der Waals surface area contributed by atoms with Crippen molar-refractivity contribution in [2.75, 3.05) is 26.2 Å². The molecule has 0 bridgehead atoms. The van der Waals surface area contributed by atoms with E-state index in [0.29, 0.717) is 0 Å². The molecular weight excluding hydrogens is 184 g/mol. The van der Waals surface area contributed by atoms with Crippen molar-refractivity contribution in [1.82, 2.24) is 20.4 Å². The Labute approximate surface area is 82.0 Å². The molecule has 5 heteroatoms. The predicted octanol–water partition coefficient (Wildman–Crippen LogP) is 0.252. The fourth-order valence-electron chi connectivity index (χ4n) is 1.46. The fraction of sp³-hybridized carbons (Fsp3) is 0.750. The van der Waals surface area contributed by atoms with Crippen molar-refractivity contribution in [2.45, 2.75) is 13.5 Å². The normalized spacial score (nSPS) is 19.2. The van der Waals surface area contributed by atoms with Gasteiger partial charge in [0.25, 0.3) is 0 Å². The summed E-state index contributed by atoms with van der Waals surface area (Å²) in [5, 5.41) is 13.7. The van der Waals surface area contributed by atoms with E-state index in [1.807, 2.05) is 6.92 Å². The van der Waals surface area contributed by atoms with Crippen molar-refractivity contribution in [2.24, 2.45) is 0 Å². The Balaban J connectivity index is 1.89. The molecule has 1 fully saturated rings. The first kappa shape index (κ1) is 9.05. The molecule has 2 heterocycles. The fourth-order valence-corrected chi connectivity index (χ4v) is 2.21. The van der Waals surface area contributed by atoms with Crippen molar-refractivity contribution in [1.29, 1.82) is 0 Å². The van der Waals surface area contributed by atoms with Crippen molar-refractivity contribution < 1.29 is 0 Å². The second-order valence-electron chi connectivity index (χ2n) is 3.24. The topological polar surface area (TPSA) is 41.1 Å². The summed E-state index contributed by atoms with van der Waals surface area (Å²) in [4.78, 5) is 2.41. The van der Waals surface area contributed by atoms with Crippen LogP contribution in [-0.2, 0) is 6.54 Å². The summed E-state index contributed by atoms with van der Waals surface area (Å²) in [5.41, 5.74) is 0. The second-order valence-corrected chi connectivity index (χ2v) is 4.51. The van der Waals surface area contributed by atoms with E-state index < -0.39 is 0 Å². The van der Waals surface area contributed by atoms with E-state index in [2.05, 4.69) is 20.4 Å². The summed E-state index contributed by atoms with van der Waals surface area (Å²) in [6.45, 7) is 7.40. The monoisotopic (exact) mass is 198 g/mol. The van der Waals surface area contributed by atoms with Crippen LogP contribution in [0.4, 0.5) is 0 Å². The van der Waals surface area contributed by atoms with Crippen LogP contribution in [0.1, 0.15) is 10.0 Å². The number of piperazine rings is 1. The van der Waals surface area contributed by atoms with Gasteiger partial charge in [-0.2, -0.15) is 0 Å². The van der Waals surface area contributed by atoms with Crippen molar-refractivity contribution in [3.05, 3.63) is 10.0 Å². The molecule has 0 saturated carbocycles. The molecule has 0 unspecified atom stereocenters. The molecule has 1 aliphatic rings. The van der Waals surface area contributed by atoms with Gasteiger partial charge in [0.15, 0.2) is 0 Å². The molecule has 13 heavy (non-hydrogen) atoms. The minimum Gasteiger partial charge on any atom is -0.314 e. The molecule has 4 nitrogen and oxygen atoms in total. The Morgan fingerprint density at radius 2 is 2.15 bits per heavy atom. The molecule has 0 amide bonds. The summed E-state index contributed by atoms with van der Waals surface area (Å²) in [7, 11) is 0. The lowest BCUT2D eigenvalue weighted by Crippen LogP contribution is -2.42. The van der Waals surface area contributed by atoms with Crippen LogP contribution in [0.5, 0.6) is 0 Å². The zero-order valence-corrected chi connectivity index (χ0v) is 8.60. The summed E-state index contributed by atoms with van der Waals surface area (Å²) in [5.74, 6) is 0. The molecule has 0 aliphatic carbocycles. The quantitative estimate of drug-likeness (QED) is 0.739. The van der Waals surface area contributed by atoms with Gasteiger partial charge in [-0.1, -0.05) is 0 Å². The van der Waals surface area contributed by atoms with Crippen LogP contribution in [0.15, 0.2) is 0 Å². The van der Waals surface area contributed by atoms with Crippen molar-refractivity contribution >= 4 is 11.3 Å². The molecule has 1 aliphatic heterocycles. The largest absolute Gasteiger partial charge is 0.314 e. The lowest BCUT2D eigenvalue weighted by Gasteiger charge is -2.25. The molecule has 2 rings (SSSR count). The van der Waals surface area contributed by atoms with Crippen molar-refractivity contribution in [3.8, 4) is 0 Å². The SMILES string of the molecule is Cc1nnc(CN2CCNCC2)s1. The molecule has 0 aromatic carbocycles. The maximum absolute atomic E-state index is 4.12. The van der Waals surface area contributed by atoms with Gasteiger partial charge in [-0.15, -0.1) is 21.5 Å². The molecule has 0 spiro atoms. The Kier molecular flexibility index (Phi) is 2.87. The average molecular weight is 198 g/mol. The number of hydrogen-bond donors (Lipinski definition) is 1. The van der Waals surface area contributed by atoms with Gasteiger partial charge in [0, 0.05) is 26.2 Å². The van der Waals surface area contributed by atoms with E-state index in [0.717, 1.165) is 42.7 Å². The third-order valence-electron chi connectivity index (χ3n) is 2.14. The van der Waals surface area contributed by atoms with E-state index in [1.54, 1.807) is 11.3 Å². The summed E-state index contributed by atoms with van der Waals surface area (Å²) in [6, 6.07) is 0. The van der Waals surface area contributed by atoms with Crippen LogP contribution in [0.3, 0.4) is 0 Å². The smallest absolute Gasteiger partial charge is 0.131 e. The standard InChI is InChI=1S/C8H14N4S/c1-7-10-11-8(13-7)6-12-4-2-9-3-5-12/h9H,2-6H2,1H3. The van der Waals surface area contributed by atoms with E-state index in [1.165, 1.54) is 0 Å². The van der Waals surface area contributed by atoms with Gasteiger partial charge in [-0.3, -0.25) is 4.90 Å². The number of nitrogens with one attached hydrogen (secondary N) is 1. The highest BCUT2D eigenvalue weighted by atomic mass is 32.1. The Morgan fingerprint density at radius 3 is 2.77 bits per heavy atom. The molecule has 1 aromatic rings. The highest BCUT2D eigenvalue weighted by molar-refractivity contribution is 7.11. The van der Waals surface area contributed by atoms with Gasteiger partial charge >= 0.3 is 0 Å². The van der Waals surface area contributed by atoms with Crippen LogP contribution in [0, 0.1) is 6.92 Å². The number of nitrogens with zero attached hydrogens (tertiary/aromatic N) is 3. The van der Waals surface area contributed by atoms with Crippen molar-refractivity contribution in [3.63, 3.8) is 0 Å². The minimum absolute atomic E-state index is 0.965. The molecule has 1 N–H and O–H groups in total. The van der Waals surface area contributed by atoms with Gasteiger partial charge in [0.1, 0.15) is 10.0 Å². The highest BCUT2D eigenvalue weighted by Gasteiger charge is 2.11. The van der Waals surface area contributed by atoms with E-state index in [-0.39, 0.29) is 0 Å². The molecule has 0 atom stereocenters. The van der Waals surface area contributed by atoms with Gasteiger partial charge < -0.3 is 5.32 Å². The first-order valence-electron chi connectivity index (χ1n) is 4.56. The Morgan fingerprint density at radius 1 is 1.38 bits per heavy atom. The van der Waals surface area contributed by atoms with Crippen LogP contribution in [-0.4, -0.2) is 41.3 Å². The van der Waals surface area contributed by atoms with Crippen LogP contribution in [0.25, 0.3) is 0 Å². The third-order valence-corrected chi connectivity index (χ3v) is 2.96. The molecule has 0 radical (unpaired) electrons. The first-order valence-corrected chi connectivity index (χ1v) is 5.38. The zero-order valence-electron chi connectivity index (χ0n) is 7.79. The maximum atomic E-state index is 4.12. The van der Waals surface area contributed by atoms with Gasteiger partial charge in [0.2, 0.25) is 0 Å². The van der Waals surface area contributed by atoms with Gasteiger partial charge in [-0.05, 0) is 6.92 Å². The van der Waals surface area contributed by atoms with Crippen LogP contribution in [0.2, 0.25) is 0 Å². The highest BCUT2D eigenvalue weighted by Crippen LogP contribution is 2.10. The molecular formula is C8H14N4S. The van der Waals surface area contributed by atoms with Crippen LogP contribution < -0.4 is 5.32 Å². The Bertz CT molecular complexity index is 267. The lowest BCUT2D eigenvalue weighted by atomic mass is 10.4. The molecule has 1 aromatic heterocycles. The number of hydrogen-bond acceptors (Lipinski definition) is 5. The first-order chi connectivity index (χ1) is 6.34. The molecule has 72 valence electrons. The minimum atomic E-state index is 0.965. The summed E-state index contributed by atoms with van der Waals surface area (Å²) >= 11 is 1.70. The summed E-state index contributed by atoms with van der Waals surface area (Å²) < 4.78 is 0. The van der Waals surface area contributed by atoms with Gasteiger partial charge in [0.05, 0.1) is 6.54 Å². The second kappa shape index (κ2) is 4.13. The summed E-state index contributed by atoms with van der Waals surface area (Å²) in [6.07, 6.45) is 0. The molecule has 1 saturated heterocycles. The Hall–Kier alpha value is -0.520. The number of aromatic nitrogens is 2. The number of aryl methyl sites for hydroxylation is 1. The average Bonchev–Trinajstić information content (AvgIpc) is 2.53. The van der Waals surface area contributed by atoms with E-state index >= 15 is 0 Å². The van der Waals surface area contributed by atoms with E-state index in [4.69, 9.17) is 0 Å². The predicted molar refractivity (Wildman–Crippen MR) is 52.8 cm³/mol. The maximum Gasteiger partial charge on any atom is 0.131 e. The van der Waals surface area contributed by atoms with Gasteiger partial charge in [-0.25, -0.2) is 0 Å². The van der Waals surface area contributed by atoms with E-state index in [9.17, 15) is 0 Å².